The van der Waals surface area contributed by atoms with Gasteiger partial charge in [-0.3, -0.25) is 9.69 Å². The van der Waals surface area contributed by atoms with E-state index < -0.39 is 5.82 Å². The molecule has 6 heteroatoms. The van der Waals surface area contributed by atoms with E-state index in [2.05, 4.69) is 4.90 Å². The number of hydrogen-bond acceptors (Lipinski definition) is 3. The van der Waals surface area contributed by atoms with Crippen molar-refractivity contribution in [3.05, 3.63) is 34.6 Å². The van der Waals surface area contributed by atoms with E-state index in [1.807, 2.05) is 0 Å². The first-order valence-corrected chi connectivity index (χ1v) is 8.46. The highest BCUT2D eigenvalue weighted by atomic mass is 35.5. The van der Waals surface area contributed by atoms with Crippen molar-refractivity contribution in [2.24, 2.45) is 5.92 Å². The Kier molecular flexibility index (Phi) is 4.90. The molecule has 0 spiro atoms. The van der Waals surface area contributed by atoms with Crippen LogP contribution in [0.4, 0.5) is 4.39 Å². The van der Waals surface area contributed by atoms with Crippen molar-refractivity contribution in [3.63, 3.8) is 0 Å². The Morgan fingerprint density at radius 1 is 1.48 bits per heavy atom. The molecule has 0 aromatic heterocycles. The van der Waals surface area contributed by atoms with E-state index >= 15 is 0 Å². The van der Waals surface area contributed by atoms with Crippen LogP contribution in [-0.4, -0.2) is 59.6 Å². The molecular weight excluding hydrogens is 319 g/mol. The number of benzene rings is 1. The van der Waals surface area contributed by atoms with Crippen molar-refractivity contribution >= 4 is 17.5 Å². The number of hydrogen-bond donors (Lipinski definition) is 1. The van der Waals surface area contributed by atoms with Crippen molar-refractivity contribution in [1.82, 2.24) is 9.80 Å². The molecule has 23 heavy (non-hydrogen) atoms. The van der Waals surface area contributed by atoms with Crippen molar-refractivity contribution in [1.29, 1.82) is 0 Å². The molecule has 1 amide bonds. The summed E-state index contributed by atoms with van der Waals surface area (Å²) in [4.78, 5) is 16.5. The van der Waals surface area contributed by atoms with Crippen LogP contribution in [-0.2, 0) is 0 Å². The minimum Gasteiger partial charge on any atom is -0.390 e. The van der Waals surface area contributed by atoms with E-state index in [1.54, 1.807) is 18.0 Å². The summed E-state index contributed by atoms with van der Waals surface area (Å²) >= 11 is 5.79. The number of rotatable bonds is 5. The van der Waals surface area contributed by atoms with Gasteiger partial charge >= 0.3 is 0 Å². The van der Waals surface area contributed by atoms with Crippen molar-refractivity contribution in [2.75, 3.05) is 26.7 Å². The molecule has 1 saturated carbocycles. The monoisotopic (exact) mass is 340 g/mol. The van der Waals surface area contributed by atoms with Gasteiger partial charge in [-0.15, -0.1) is 0 Å². The Hall–Kier alpha value is -1.17. The van der Waals surface area contributed by atoms with Crippen LogP contribution < -0.4 is 0 Å². The highest BCUT2D eigenvalue weighted by molar-refractivity contribution is 6.31. The van der Waals surface area contributed by atoms with E-state index in [-0.39, 0.29) is 28.6 Å². The fourth-order valence-electron chi connectivity index (χ4n) is 3.38. The Balaban J connectivity index is 1.75. The van der Waals surface area contributed by atoms with Gasteiger partial charge in [-0.1, -0.05) is 24.1 Å². The van der Waals surface area contributed by atoms with Crippen LogP contribution in [0.15, 0.2) is 18.2 Å². The predicted octanol–water partition coefficient (Wildman–Crippen LogP) is 2.40. The van der Waals surface area contributed by atoms with E-state index in [1.165, 1.54) is 18.6 Å². The normalized spacial score (nSPS) is 20.7. The van der Waals surface area contributed by atoms with Gasteiger partial charge in [0.05, 0.1) is 16.7 Å². The van der Waals surface area contributed by atoms with Gasteiger partial charge in [-0.25, -0.2) is 4.39 Å². The first-order chi connectivity index (χ1) is 11.0. The Bertz CT molecular complexity index is 588. The van der Waals surface area contributed by atoms with Gasteiger partial charge in [0.15, 0.2) is 5.82 Å². The molecule has 1 heterocycles. The van der Waals surface area contributed by atoms with E-state index in [0.29, 0.717) is 19.0 Å². The summed E-state index contributed by atoms with van der Waals surface area (Å²) in [5.74, 6) is -0.537. The highest BCUT2D eigenvalue weighted by Gasteiger charge is 2.37. The van der Waals surface area contributed by atoms with Crippen LogP contribution in [0.5, 0.6) is 0 Å². The molecule has 1 aliphatic heterocycles. The van der Waals surface area contributed by atoms with Crippen LogP contribution in [0, 0.1) is 11.7 Å². The lowest BCUT2D eigenvalue weighted by atomic mass is 9.78. The number of aliphatic hydroxyl groups is 1. The molecule has 2 aliphatic rings. The summed E-state index contributed by atoms with van der Waals surface area (Å²) in [5.41, 5.74) is 0.0213. The average molecular weight is 341 g/mol. The lowest BCUT2D eigenvalue weighted by Crippen LogP contribution is -2.58. The summed E-state index contributed by atoms with van der Waals surface area (Å²) in [6.07, 6.45) is 3.11. The number of carbonyl (C=O) groups is 1. The summed E-state index contributed by atoms with van der Waals surface area (Å²) in [6, 6.07) is 4.56. The lowest BCUT2D eigenvalue weighted by Gasteiger charge is -2.45. The molecule has 3 rings (SSSR count). The summed E-state index contributed by atoms with van der Waals surface area (Å²) in [7, 11) is 1.74. The van der Waals surface area contributed by atoms with Gasteiger partial charge in [-0.05, 0) is 30.9 Å². The number of likely N-dealkylation sites (N-methyl/N-ethyl adjacent to an activating group) is 1. The maximum Gasteiger partial charge on any atom is 0.256 e. The molecule has 1 aromatic carbocycles. The third-order valence-electron chi connectivity index (χ3n) is 5.08. The summed E-state index contributed by atoms with van der Waals surface area (Å²) in [5, 5.41) is 9.42. The van der Waals surface area contributed by atoms with Crippen LogP contribution in [0.1, 0.15) is 29.6 Å². The molecule has 1 saturated heterocycles. The minimum absolute atomic E-state index is 0.0213. The molecule has 0 radical (unpaired) electrons. The molecular formula is C17H22ClFN2O2. The number of β-amino-alcohol motifs (C(OH)–C–C–N with tert-alkyl or cyclic N) is 1. The first kappa shape index (κ1) is 16.7. The van der Waals surface area contributed by atoms with E-state index in [0.717, 1.165) is 19.4 Å². The zero-order valence-corrected chi connectivity index (χ0v) is 14.0. The largest absolute Gasteiger partial charge is 0.390 e. The Labute approximate surface area is 140 Å². The number of halogens is 2. The molecule has 2 fully saturated rings. The van der Waals surface area contributed by atoms with Crippen molar-refractivity contribution in [2.45, 2.75) is 31.4 Å². The summed E-state index contributed by atoms with van der Waals surface area (Å²) < 4.78 is 14.1. The SMILES string of the molecule is CN(C(=O)c1cccc(Cl)c1F)[C@@H](CN1CC(O)C1)C1CCC1. The number of aliphatic hydroxyl groups excluding tert-OH is 1. The fourth-order valence-corrected chi connectivity index (χ4v) is 3.55. The maximum absolute atomic E-state index is 14.1. The molecule has 126 valence electrons. The van der Waals surface area contributed by atoms with Crippen molar-refractivity contribution < 1.29 is 14.3 Å². The number of carbonyl (C=O) groups excluding carboxylic acids is 1. The minimum atomic E-state index is -0.655. The van der Waals surface area contributed by atoms with E-state index in [4.69, 9.17) is 11.6 Å². The molecule has 1 aromatic rings. The quantitative estimate of drug-likeness (QED) is 0.895. The second-order valence-electron chi connectivity index (χ2n) is 6.65. The van der Waals surface area contributed by atoms with E-state index in [9.17, 15) is 14.3 Å². The van der Waals surface area contributed by atoms with Gasteiger partial charge < -0.3 is 10.0 Å². The number of amides is 1. The average Bonchev–Trinajstić information content (AvgIpc) is 2.44. The van der Waals surface area contributed by atoms with Crippen LogP contribution in [0.3, 0.4) is 0 Å². The number of nitrogens with zero attached hydrogens (tertiary/aromatic N) is 2. The van der Waals surface area contributed by atoms with Gasteiger partial charge in [-0.2, -0.15) is 0 Å². The second-order valence-corrected chi connectivity index (χ2v) is 7.06. The topological polar surface area (TPSA) is 43.8 Å². The van der Waals surface area contributed by atoms with Gasteiger partial charge in [0.1, 0.15) is 0 Å². The number of likely N-dealkylation sites (tertiary alicyclic amines) is 1. The highest BCUT2D eigenvalue weighted by Crippen LogP contribution is 2.33. The molecule has 0 unspecified atom stereocenters. The Morgan fingerprint density at radius 3 is 2.74 bits per heavy atom. The van der Waals surface area contributed by atoms with Crippen LogP contribution in [0.25, 0.3) is 0 Å². The first-order valence-electron chi connectivity index (χ1n) is 8.09. The van der Waals surface area contributed by atoms with Crippen molar-refractivity contribution in [3.8, 4) is 0 Å². The smallest absolute Gasteiger partial charge is 0.256 e. The second kappa shape index (κ2) is 6.75. The maximum atomic E-state index is 14.1. The zero-order valence-electron chi connectivity index (χ0n) is 13.2. The molecule has 1 N–H and O–H groups in total. The van der Waals surface area contributed by atoms with Gasteiger partial charge in [0.2, 0.25) is 0 Å². The van der Waals surface area contributed by atoms with Gasteiger partial charge in [0, 0.05) is 32.7 Å². The summed E-state index contributed by atoms with van der Waals surface area (Å²) in [6.45, 7) is 2.03. The van der Waals surface area contributed by atoms with Gasteiger partial charge in [0.25, 0.3) is 5.91 Å². The molecule has 1 atom stereocenters. The third kappa shape index (κ3) is 3.37. The molecule has 0 bridgehead atoms. The fraction of sp³-hybridized carbons (Fsp3) is 0.588. The third-order valence-corrected chi connectivity index (χ3v) is 5.37. The molecule has 1 aliphatic carbocycles. The molecule has 4 nitrogen and oxygen atoms in total. The Morgan fingerprint density at radius 2 is 2.17 bits per heavy atom. The van der Waals surface area contributed by atoms with Crippen LogP contribution >= 0.6 is 11.6 Å². The zero-order chi connectivity index (χ0) is 16.6. The lowest BCUT2D eigenvalue weighted by molar-refractivity contribution is -0.0224. The van der Waals surface area contributed by atoms with Crippen LogP contribution in [0.2, 0.25) is 5.02 Å². The predicted molar refractivity (Wildman–Crippen MR) is 87.1 cm³/mol. The standard InChI is InChI=1S/C17H22ClFN2O2/c1-20(17(23)13-6-3-7-14(18)16(13)19)15(11-4-2-5-11)10-21-8-12(22)9-21/h3,6-7,11-12,15,22H,2,4-5,8-10H2,1H3/t15-/m0/s1.